The van der Waals surface area contributed by atoms with Gasteiger partial charge in [-0.1, -0.05) is 11.6 Å². The van der Waals surface area contributed by atoms with E-state index in [1.54, 1.807) is 20.8 Å². The van der Waals surface area contributed by atoms with E-state index < -0.39 is 28.8 Å². The molecule has 0 aliphatic heterocycles. The molecule has 0 aliphatic rings. The molecule has 0 radical (unpaired) electrons. The zero-order valence-electron chi connectivity index (χ0n) is 14.7. The van der Waals surface area contributed by atoms with E-state index in [1.807, 2.05) is 0 Å². The summed E-state index contributed by atoms with van der Waals surface area (Å²) in [5.74, 6) is -0.596. The van der Waals surface area contributed by atoms with Crippen LogP contribution in [-0.2, 0) is 20.8 Å². The van der Waals surface area contributed by atoms with E-state index in [-0.39, 0.29) is 22.8 Å². The van der Waals surface area contributed by atoms with Crippen LogP contribution < -0.4 is 0 Å². The van der Waals surface area contributed by atoms with Crippen LogP contribution in [0.5, 0.6) is 0 Å². The van der Waals surface area contributed by atoms with Gasteiger partial charge in [0.25, 0.3) is 5.69 Å². The van der Waals surface area contributed by atoms with Crippen LogP contribution in [0.15, 0.2) is 18.2 Å². The Morgan fingerprint density at radius 3 is 2.44 bits per heavy atom. The van der Waals surface area contributed by atoms with Crippen molar-refractivity contribution in [3.63, 3.8) is 0 Å². The largest absolute Gasteiger partial charge is 0.444 e. The molecule has 0 saturated carbocycles. The SMILES string of the molecule is CC(=O)OC(C)N(Cc1cc(Cl)ccc1[N+](=O)[O-])C(=O)OC(C)(C)C. The van der Waals surface area contributed by atoms with Crippen LogP contribution in [0.4, 0.5) is 10.5 Å². The molecule has 1 aromatic rings. The van der Waals surface area contributed by atoms with Crippen LogP contribution in [0.25, 0.3) is 0 Å². The number of ether oxygens (including phenoxy) is 2. The highest BCUT2D eigenvalue weighted by Gasteiger charge is 2.30. The monoisotopic (exact) mass is 372 g/mol. The van der Waals surface area contributed by atoms with Crippen molar-refractivity contribution in [3.05, 3.63) is 38.9 Å². The Morgan fingerprint density at radius 2 is 1.96 bits per heavy atom. The number of benzene rings is 1. The average Bonchev–Trinajstić information content (AvgIpc) is 2.41. The van der Waals surface area contributed by atoms with Gasteiger partial charge in [0, 0.05) is 18.0 Å². The second-order valence-corrected chi connectivity index (χ2v) is 6.78. The summed E-state index contributed by atoms with van der Waals surface area (Å²) in [7, 11) is 0. The summed E-state index contributed by atoms with van der Waals surface area (Å²) in [6.07, 6.45) is -1.75. The molecule has 0 fully saturated rings. The molecular weight excluding hydrogens is 352 g/mol. The van der Waals surface area contributed by atoms with Gasteiger partial charge in [-0.2, -0.15) is 0 Å². The van der Waals surface area contributed by atoms with Crippen LogP contribution in [0, 0.1) is 10.1 Å². The van der Waals surface area contributed by atoms with Crippen molar-refractivity contribution in [3.8, 4) is 0 Å². The predicted molar refractivity (Wildman–Crippen MR) is 91.1 cm³/mol. The lowest BCUT2D eigenvalue weighted by atomic mass is 10.1. The highest BCUT2D eigenvalue weighted by Crippen LogP contribution is 2.26. The zero-order chi connectivity index (χ0) is 19.4. The topological polar surface area (TPSA) is 99.0 Å². The Labute approximate surface area is 150 Å². The molecule has 0 N–H and O–H groups in total. The number of esters is 1. The van der Waals surface area contributed by atoms with Crippen LogP contribution in [0.1, 0.15) is 40.2 Å². The molecule has 1 atom stereocenters. The molecule has 138 valence electrons. The molecule has 9 heteroatoms. The van der Waals surface area contributed by atoms with Crippen molar-refractivity contribution >= 4 is 29.4 Å². The molecule has 25 heavy (non-hydrogen) atoms. The summed E-state index contributed by atoms with van der Waals surface area (Å²) in [6, 6.07) is 4.02. The van der Waals surface area contributed by atoms with Gasteiger partial charge in [-0.25, -0.2) is 4.79 Å². The molecule has 0 spiro atoms. The number of hydrogen-bond donors (Lipinski definition) is 0. The van der Waals surface area contributed by atoms with Gasteiger partial charge in [0.05, 0.1) is 17.0 Å². The van der Waals surface area contributed by atoms with Gasteiger partial charge < -0.3 is 9.47 Å². The van der Waals surface area contributed by atoms with E-state index >= 15 is 0 Å². The normalized spacial score (nSPS) is 12.2. The summed E-state index contributed by atoms with van der Waals surface area (Å²) < 4.78 is 10.3. The third-order valence-electron chi connectivity index (χ3n) is 2.98. The predicted octanol–water partition coefficient (Wildman–Crippen LogP) is 3.89. The number of rotatable bonds is 5. The molecular formula is C16H21ClN2O6. The zero-order valence-corrected chi connectivity index (χ0v) is 15.5. The maximum absolute atomic E-state index is 12.5. The molecule has 0 aliphatic carbocycles. The summed E-state index contributed by atoms with van der Waals surface area (Å²) in [6.45, 7) is 7.51. The fraction of sp³-hybridized carbons (Fsp3) is 0.500. The maximum atomic E-state index is 12.5. The van der Waals surface area contributed by atoms with Crippen LogP contribution in [-0.4, -0.2) is 33.7 Å². The van der Waals surface area contributed by atoms with Crippen molar-refractivity contribution in [2.45, 2.75) is 53.0 Å². The lowest BCUT2D eigenvalue weighted by Crippen LogP contribution is -2.43. The van der Waals surface area contributed by atoms with E-state index in [1.165, 1.54) is 32.0 Å². The number of carbonyl (C=O) groups excluding carboxylic acids is 2. The van der Waals surface area contributed by atoms with E-state index in [2.05, 4.69) is 0 Å². The Bertz CT molecular complexity index is 671. The molecule has 1 aromatic carbocycles. The van der Waals surface area contributed by atoms with Crippen molar-refractivity contribution in [2.24, 2.45) is 0 Å². The first kappa shape index (κ1) is 20.7. The number of nitrogens with zero attached hydrogens (tertiary/aromatic N) is 2. The number of nitro groups is 1. The number of amides is 1. The molecule has 1 amide bonds. The number of nitro benzene ring substituents is 1. The fourth-order valence-electron chi connectivity index (χ4n) is 2.01. The molecule has 1 rings (SSSR count). The second kappa shape index (κ2) is 8.15. The minimum Gasteiger partial charge on any atom is -0.444 e. The molecule has 8 nitrogen and oxygen atoms in total. The molecule has 0 bridgehead atoms. The number of carbonyl (C=O) groups is 2. The van der Waals surface area contributed by atoms with Crippen molar-refractivity contribution < 1.29 is 24.0 Å². The van der Waals surface area contributed by atoms with Gasteiger partial charge in [0.15, 0.2) is 6.23 Å². The Morgan fingerprint density at radius 1 is 1.36 bits per heavy atom. The summed E-state index contributed by atoms with van der Waals surface area (Å²) in [4.78, 5) is 35.4. The van der Waals surface area contributed by atoms with Crippen LogP contribution in [0.2, 0.25) is 5.02 Å². The highest BCUT2D eigenvalue weighted by atomic mass is 35.5. The minimum absolute atomic E-state index is 0.197. The summed E-state index contributed by atoms with van der Waals surface area (Å²) in [5, 5.41) is 11.5. The van der Waals surface area contributed by atoms with Gasteiger partial charge >= 0.3 is 12.1 Å². The Hall–Kier alpha value is -2.35. The smallest absolute Gasteiger partial charge is 0.413 e. The molecule has 0 heterocycles. The lowest BCUT2D eigenvalue weighted by molar-refractivity contribution is -0.385. The van der Waals surface area contributed by atoms with Gasteiger partial charge in [0.1, 0.15) is 5.60 Å². The highest BCUT2D eigenvalue weighted by molar-refractivity contribution is 6.30. The summed E-state index contributed by atoms with van der Waals surface area (Å²) >= 11 is 5.91. The minimum atomic E-state index is -0.981. The van der Waals surface area contributed by atoms with Gasteiger partial charge in [-0.05, 0) is 39.8 Å². The van der Waals surface area contributed by atoms with E-state index in [0.29, 0.717) is 0 Å². The maximum Gasteiger partial charge on any atom is 0.413 e. The Kier molecular flexibility index (Phi) is 6.75. The van der Waals surface area contributed by atoms with Gasteiger partial charge in [0.2, 0.25) is 0 Å². The van der Waals surface area contributed by atoms with E-state index in [9.17, 15) is 19.7 Å². The first-order valence-electron chi connectivity index (χ1n) is 7.50. The van der Waals surface area contributed by atoms with Crippen LogP contribution >= 0.6 is 11.6 Å². The second-order valence-electron chi connectivity index (χ2n) is 6.35. The van der Waals surface area contributed by atoms with Crippen molar-refractivity contribution in [1.29, 1.82) is 0 Å². The van der Waals surface area contributed by atoms with Crippen LogP contribution in [0.3, 0.4) is 0 Å². The lowest BCUT2D eigenvalue weighted by Gasteiger charge is -2.31. The third-order valence-corrected chi connectivity index (χ3v) is 3.22. The summed E-state index contributed by atoms with van der Waals surface area (Å²) in [5.41, 5.74) is -0.790. The quantitative estimate of drug-likeness (QED) is 0.336. The van der Waals surface area contributed by atoms with Crippen molar-refractivity contribution in [1.82, 2.24) is 4.90 Å². The molecule has 0 aromatic heterocycles. The average molecular weight is 373 g/mol. The standard InChI is InChI=1S/C16H21ClN2O6/c1-10(24-11(2)20)18(15(21)25-16(3,4)5)9-12-8-13(17)6-7-14(12)19(22)23/h6-8,10H,9H2,1-5H3. The molecule has 0 saturated heterocycles. The first-order valence-corrected chi connectivity index (χ1v) is 7.88. The fourth-order valence-corrected chi connectivity index (χ4v) is 2.20. The van der Waals surface area contributed by atoms with E-state index in [4.69, 9.17) is 21.1 Å². The first-order chi connectivity index (χ1) is 11.4. The molecule has 1 unspecified atom stereocenters. The Balaban J connectivity index is 3.20. The van der Waals surface area contributed by atoms with E-state index in [0.717, 1.165) is 4.90 Å². The van der Waals surface area contributed by atoms with Gasteiger partial charge in [-0.15, -0.1) is 0 Å². The number of halogens is 1. The van der Waals surface area contributed by atoms with Gasteiger partial charge in [-0.3, -0.25) is 19.8 Å². The number of hydrogen-bond acceptors (Lipinski definition) is 6. The van der Waals surface area contributed by atoms with Crippen molar-refractivity contribution in [2.75, 3.05) is 0 Å². The third kappa shape index (κ3) is 6.58.